The molecule has 0 unspecified atom stereocenters. The summed E-state index contributed by atoms with van der Waals surface area (Å²) >= 11 is 0. The van der Waals surface area contributed by atoms with Gasteiger partial charge in [0.1, 0.15) is 18.1 Å². The van der Waals surface area contributed by atoms with Crippen molar-refractivity contribution < 1.29 is 19.2 Å². The molecule has 4 aromatic rings. The topological polar surface area (TPSA) is 285 Å². The summed E-state index contributed by atoms with van der Waals surface area (Å²) in [4.78, 5) is 61.8. The highest BCUT2D eigenvalue weighted by molar-refractivity contribution is 5.95. The van der Waals surface area contributed by atoms with E-state index in [1.165, 1.54) is 0 Å². The van der Waals surface area contributed by atoms with E-state index < -0.39 is 47.8 Å². The summed E-state index contributed by atoms with van der Waals surface area (Å²) in [5.74, 6) is -2.83. The van der Waals surface area contributed by atoms with Crippen LogP contribution in [0.1, 0.15) is 42.4 Å². The maximum absolute atomic E-state index is 14.1. The van der Waals surface area contributed by atoms with Crippen LogP contribution >= 0.6 is 0 Å². The first-order valence-corrected chi connectivity index (χ1v) is 19.2. The van der Waals surface area contributed by atoms with E-state index in [-0.39, 0.29) is 50.7 Å². The minimum Gasteiger partial charge on any atom is -0.370 e. The summed E-state index contributed by atoms with van der Waals surface area (Å²) in [6.07, 6.45) is 1.22. The number of nitrogens with two attached hydrogens (primary N) is 6. The van der Waals surface area contributed by atoms with E-state index in [4.69, 9.17) is 34.4 Å². The largest absolute Gasteiger partial charge is 0.370 e. The predicted octanol–water partition coefficient (Wildman–Crippen LogP) is 1.49. The SMILES string of the molecule is Cc1ccc(-c2ccc(C[C@H](NC(=O)[C@H](CCCN=C(N)N)NC(=O)[C@@H](N)Cc3ccc(-c4ccccc4)cc3)C(=O)N[C@@H](CCCN=C(N)N)C(N)=O)cc2)cc1. The number of amides is 4. The van der Waals surface area contributed by atoms with E-state index in [1.54, 1.807) is 0 Å². The van der Waals surface area contributed by atoms with Gasteiger partial charge in [0.15, 0.2) is 11.9 Å². The normalized spacial score (nSPS) is 12.9. The van der Waals surface area contributed by atoms with Gasteiger partial charge >= 0.3 is 0 Å². The van der Waals surface area contributed by atoms with Gasteiger partial charge in [-0.25, -0.2) is 0 Å². The van der Waals surface area contributed by atoms with E-state index >= 15 is 0 Å². The number of aliphatic imine (C=N–C) groups is 2. The summed E-state index contributed by atoms with van der Waals surface area (Å²) in [6, 6.07) is 29.0. The van der Waals surface area contributed by atoms with Gasteiger partial charge in [-0.1, -0.05) is 109 Å². The Hall–Kier alpha value is -6.74. The Morgan fingerprint density at radius 3 is 1.43 bits per heavy atom. The molecule has 58 heavy (non-hydrogen) atoms. The molecule has 0 aliphatic carbocycles. The molecule has 15 nitrogen and oxygen atoms in total. The van der Waals surface area contributed by atoms with Crippen molar-refractivity contribution in [3.63, 3.8) is 0 Å². The van der Waals surface area contributed by atoms with Crippen molar-refractivity contribution in [1.29, 1.82) is 0 Å². The molecule has 306 valence electrons. The highest BCUT2D eigenvalue weighted by atomic mass is 16.2. The lowest BCUT2D eigenvalue weighted by atomic mass is 9.98. The molecule has 0 aliphatic heterocycles. The number of hydrogen-bond donors (Lipinski definition) is 9. The first-order chi connectivity index (χ1) is 27.8. The third kappa shape index (κ3) is 14.4. The molecule has 4 aromatic carbocycles. The minimum atomic E-state index is -1.17. The number of hydrogen-bond acceptors (Lipinski definition) is 7. The van der Waals surface area contributed by atoms with Crippen LogP contribution in [0.3, 0.4) is 0 Å². The van der Waals surface area contributed by atoms with Crippen LogP contribution in [0.15, 0.2) is 113 Å². The zero-order chi connectivity index (χ0) is 42.0. The molecule has 0 saturated carbocycles. The van der Waals surface area contributed by atoms with Crippen LogP contribution in [-0.2, 0) is 32.0 Å². The van der Waals surface area contributed by atoms with Gasteiger partial charge in [0.25, 0.3) is 0 Å². The molecule has 15 N–H and O–H groups in total. The Morgan fingerprint density at radius 1 is 0.517 bits per heavy atom. The molecular formula is C43H55N11O4. The molecule has 15 heteroatoms. The van der Waals surface area contributed by atoms with Gasteiger partial charge < -0.3 is 50.4 Å². The number of carbonyl (C=O) groups excluding carboxylic acids is 4. The van der Waals surface area contributed by atoms with Crippen molar-refractivity contribution in [2.45, 2.75) is 69.6 Å². The number of nitrogens with one attached hydrogen (secondary N) is 3. The number of nitrogens with zero attached hydrogens (tertiary/aromatic N) is 2. The molecule has 0 heterocycles. The van der Waals surface area contributed by atoms with Crippen LogP contribution in [-0.4, -0.2) is 72.8 Å². The van der Waals surface area contributed by atoms with Crippen LogP contribution in [0.4, 0.5) is 0 Å². The van der Waals surface area contributed by atoms with E-state index in [9.17, 15) is 19.2 Å². The third-order valence-electron chi connectivity index (χ3n) is 9.45. The number of rotatable bonds is 21. The van der Waals surface area contributed by atoms with Crippen molar-refractivity contribution >= 4 is 35.5 Å². The molecule has 0 spiro atoms. The summed E-state index contributed by atoms with van der Waals surface area (Å²) in [6.45, 7) is 2.43. The lowest BCUT2D eigenvalue weighted by Crippen LogP contribution is -2.58. The van der Waals surface area contributed by atoms with E-state index in [1.807, 2.05) is 110 Å². The standard InChI is InChI=1S/C43H55N11O4/c1-27-11-17-31(18-12-27)33-21-15-29(16-22-33)26-37(41(58)52-35(38(45)55)9-5-23-50-42(46)47)54-40(57)36(10-6-24-51-43(48)49)53-39(56)34(44)25-28-13-19-32(20-14-28)30-7-3-2-4-8-30/h2-4,7-8,11-22,34-37H,5-6,9-10,23-26,44H2,1H3,(H2,45,55)(H,52,58)(H,53,56)(H,54,57)(H4,46,47,50)(H4,48,49,51)/t34-,35-,36-,37-/m0/s1. The van der Waals surface area contributed by atoms with Crippen molar-refractivity contribution in [2.75, 3.05) is 13.1 Å². The van der Waals surface area contributed by atoms with Gasteiger partial charge in [0, 0.05) is 19.5 Å². The van der Waals surface area contributed by atoms with E-state index in [0.29, 0.717) is 12.8 Å². The number of primary amides is 1. The summed E-state index contributed by atoms with van der Waals surface area (Å²) in [5.41, 5.74) is 40.6. The predicted molar refractivity (Wildman–Crippen MR) is 229 cm³/mol. The molecule has 0 aromatic heterocycles. The first-order valence-electron chi connectivity index (χ1n) is 19.2. The number of carbonyl (C=O) groups is 4. The molecule has 4 atom stereocenters. The van der Waals surface area contributed by atoms with Crippen LogP contribution in [0.25, 0.3) is 22.3 Å². The highest BCUT2D eigenvalue weighted by Gasteiger charge is 2.30. The van der Waals surface area contributed by atoms with Crippen LogP contribution in [0, 0.1) is 6.92 Å². The summed E-state index contributed by atoms with van der Waals surface area (Å²) < 4.78 is 0. The van der Waals surface area contributed by atoms with Crippen LogP contribution < -0.4 is 50.4 Å². The fraction of sp³-hybridized carbons (Fsp3) is 0.302. The van der Waals surface area contributed by atoms with Gasteiger partial charge in [-0.3, -0.25) is 29.2 Å². The Labute approximate surface area is 339 Å². The Morgan fingerprint density at radius 2 is 0.931 bits per heavy atom. The number of guanidine groups is 2. The number of aryl methyl sites for hydroxylation is 1. The van der Waals surface area contributed by atoms with Gasteiger partial charge in [-0.05, 0) is 72.4 Å². The van der Waals surface area contributed by atoms with Gasteiger partial charge in [-0.2, -0.15) is 0 Å². The quantitative estimate of drug-likeness (QED) is 0.0335. The molecule has 0 bridgehead atoms. The second-order valence-electron chi connectivity index (χ2n) is 14.1. The molecule has 0 saturated heterocycles. The molecular weight excluding hydrogens is 735 g/mol. The minimum absolute atomic E-state index is 0.0540. The average Bonchev–Trinajstić information content (AvgIpc) is 3.20. The third-order valence-corrected chi connectivity index (χ3v) is 9.45. The second-order valence-corrected chi connectivity index (χ2v) is 14.1. The average molecular weight is 790 g/mol. The Bertz CT molecular complexity index is 2010. The van der Waals surface area contributed by atoms with Crippen molar-refractivity contribution in [3.8, 4) is 22.3 Å². The van der Waals surface area contributed by atoms with Gasteiger partial charge in [0.2, 0.25) is 23.6 Å². The van der Waals surface area contributed by atoms with E-state index in [2.05, 4.69) is 25.9 Å². The fourth-order valence-electron chi connectivity index (χ4n) is 6.22. The lowest BCUT2D eigenvalue weighted by Gasteiger charge is -2.26. The second kappa shape index (κ2) is 22.1. The summed E-state index contributed by atoms with van der Waals surface area (Å²) in [5, 5.41) is 8.27. The smallest absolute Gasteiger partial charge is 0.243 e. The van der Waals surface area contributed by atoms with Gasteiger partial charge in [0.05, 0.1) is 6.04 Å². The van der Waals surface area contributed by atoms with E-state index in [0.717, 1.165) is 38.9 Å². The molecule has 0 fully saturated rings. The zero-order valence-electron chi connectivity index (χ0n) is 32.8. The molecule has 0 aliphatic rings. The molecule has 4 amide bonds. The number of benzene rings is 4. The fourth-order valence-corrected chi connectivity index (χ4v) is 6.22. The molecule has 4 rings (SSSR count). The van der Waals surface area contributed by atoms with Gasteiger partial charge in [-0.15, -0.1) is 0 Å². The van der Waals surface area contributed by atoms with Crippen molar-refractivity contribution in [3.05, 3.63) is 120 Å². The lowest BCUT2D eigenvalue weighted by molar-refractivity contribution is -0.133. The highest BCUT2D eigenvalue weighted by Crippen LogP contribution is 2.22. The zero-order valence-corrected chi connectivity index (χ0v) is 32.8. The van der Waals surface area contributed by atoms with Crippen molar-refractivity contribution in [2.24, 2.45) is 44.4 Å². The van der Waals surface area contributed by atoms with Crippen LogP contribution in [0.5, 0.6) is 0 Å². The maximum Gasteiger partial charge on any atom is 0.243 e. The monoisotopic (exact) mass is 789 g/mol. The molecule has 0 radical (unpaired) electrons. The Kier molecular flexibility index (Phi) is 16.8. The maximum atomic E-state index is 14.1. The first kappa shape index (κ1) is 44.0. The van der Waals surface area contributed by atoms with Crippen molar-refractivity contribution in [1.82, 2.24) is 16.0 Å². The summed E-state index contributed by atoms with van der Waals surface area (Å²) in [7, 11) is 0. The van der Waals surface area contributed by atoms with Crippen LogP contribution in [0.2, 0.25) is 0 Å². The Balaban J connectivity index is 1.53.